The summed E-state index contributed by atoms with van der Waals surface area (Å²) in [6.45, 7) is 1.16. The number of carbonyl (C=O) groups excluding carboxylic acids is 1. The number of nitriles is 1. The minimum atomic E-state index is -0.161. The van der Waals surface area contributed by atoms with E-state index in [0.29, 0.717) is 24.4 Å². The lowest BCUT2D eigenvalue weighted by Gasteiger charge is -2.16. The molecule has 0 saturated carbocycles. The molecule has 0 bridgehead atoms. The zero-order valence-corrected chi connectivity index (χ0v) is 13.3. The predicted molar refractivity (Wildman–Crippen MR) is 86.7 cm³/mol. The van der Waals surface area contributed by atoms with Crippen LogP contribution in [-0.2, 0) is 12.8 Å². The third-order valence-electron chi connectivity index (χ3n) is 4.69. The summed E-state index contributed by atoms with van der Waals surface area (Å²) in [5.41, 5.74) is 2.81. The Morgan fingerprint density at radius 1 is 1.39 bits per heavy atom. The monoisotopic (exact) mass is 326 g/mol. The fourth-order valence-electron chi connectivity index (χ4n) is 3.44. The third kappa shape index (κ3) is 2.34. The van der Waals surface area contributed by atoms with Gasteiger partial charge in [0.1, 0.15) is 5.82 Å². The second kappa shape index (κ2) is 5.47. The lowest BCUT2D eigenvalue weighted by atomic mass is 9.91. The lowest BCUT2D eigenvalue weighted by Crippen LogP contribution is -2.27. The van der Waals surface area contributed by atoms with Gasteiger partial charge in [0.25, 0.3) is 5.91 Å². The molecule has 0 radical (unpaired) electrons. The number of carbonyl (C=O) groups is 1. The zero-order valence-electron chi connectivity index (χ0n) is 12.5. The quantitative estimate of drug-likeness (QED) is 0.803. The molecule has 2 heterocycles. The molecule has 1 atom stereocenters. The molecule has 1 aromatic carbocycles. The molecule has 3 nitrogen and oxygen atoms in total. The molecule has 1 aliphatic carbocycles. The number of amides is 1. The van der Waals surface area contributed by atoms with Crippen LogP contribution in [0.15, 0.2) is 24.3 Å². The molecule has 0 spiro atoms. The molecule has 1 amide bonds. The standard InChI is InChI=1S/C18H15FN2OS/c19-15-3-1-2-14-13(15)5-4-12-8-16(23-17(12)14)18(22)21-7-6-11(9-20)10-21/h1-3,8,11H,4-7,10H2. The van der Waals surface area contributed by atoms with Gasteiger partial charge in [-0.05, 0) is 48.1 Å². The van der Waals surface area contributed by atoms with Crippen LogP contribution in [0, 0.1) is 23.1 Å². The van der Waals surface area contributed by atoms with E-state index in [-0.39, 0.29) is 17.6 Å². The zero-order chi connectivity index (χ0) is 16.0. The van der Waals surface area contributed by atoms with Crippen molar-refractivity contribution in [1.29, 1.82) is 5.26 Å². The highest BCUT2D eigenvalue weighted by atomic mass is 32.1. The third-order valence-corrected chi connectivity index (χ3v) is 5.88. The van der Waals surface area contributed by atoms with Crippen molar-refractivity contribution in [3.63, 3.8) is 0 Å². The molecule has 2 aliphatic rings. The minimum Gasteiger partial charge on any atom is -0.337 e. The Balaban J connectivity index is 1.67. The highest BCUT2D eigenvalue weighted by Gasteiger charge is 2.29. The average molecular weight is 326 g/mol. The van der Waals surface area contributed by atoms with Crippen molar-refractivity contribution >= 4 is 17.2 Å². The number of nitrogens with zero attached hydrogens (tertiary/aromatic N) is 2. The Morgan fingerprint density at radius 2 is 2.26 bits per heavy atom. The van der Waals surface area contributed by atoms with Crippen molar-refractivity contribution in [2.45, 2.75) is 19.3 Å². The number of thiophene rings is 1. The van der Waals surface area contributed by atoms with Gasteiger partial charge in [-0.25, -0.2) is 4.39 Å². The van der Waals surface area contributed by atoms with Gasteiger partial charge in [-0.1, -0.05) is 12.1 Å². The maximum absolute atomic E-state index is 14.0. The van der Waals surface area contributed by atoms with Gasteiger partial charge in [0.2, 0.25) is 0 Å². The van der Waals surface area contributed by atoms with Crippen LogP contribution < -0.4 is 0 Å². The Morgan fingerprint density at radius 3 is 3.04 bits per heavy atom. The van der Waals surface area contributed by atoms with Crippen molar-refractivity contribution in [3.05, 3.63) is 46.1 Å². The molecule has 1 aromatic heterocycles. The first-order valence-electron chi connectivity index (χ1n) is 7.76. The van der Waals surface area contributed by atoms with E-state index in [1.807, 2.05) is 12.1 Å². The molecule has 2 aromatic rings. The maximum Gasteiger partial charge on any atom is 0.263 e. The van der Waals surface area contributed by atoms with Crippen LogP contribution in [-0.4, -0.2) is 23.9 Å². The Bertz CT molecular complexity index is 836. The molecule has 5 heteroatoms. The normalized spacial score (nSPS) is 19.1. The van der Waals surface area contributed by atoms with E-state index < -0.39 is 0 Å². The van der Waals surface area contributed by atoms with E-state index in [4.69, 9.17) is 5.26 Å². The highest BCUT2D eigenvalue weighted by Crippen LogP contribution is 2.40. The molecule has 23 heavy (non-hydrogen) atoms. The summed E-state index contributed by atoms with van der Waals surface area (Å²) in [7, 11) is 0. The van der Waals surface area contributed by atoms with Crippen LogP contribution in [0.3, 0.4) is 0 Å². The van der Waals surface area contributed by atoms with Crippen molar-refractivity contribution in [1.82, 2.24) is 4.90 Å². The van der Waals surface area contributed by atoms with Crippen LogP contribution in [0.2, 0.25) is 0 Å². The smallest absolute Gasteiger partial charge is 0.263 e. The van der Waals surface area contributed by atoms with E-state index in [0.717, 1.165) is 34.4 Å². The molecule has 1 unspecified atom stereocenters. The SMILES string of the molecule is N#CC1CCN(C(=O)c2cc3c(s2)-c2cccc(F)c2CC3)C1. The van der Waals surface area contributed by atoms with Crippen molar-refractivity contribution < 1.29 is 9.18 Å². The Labute approximate surface area is 138 Å². The van der Waals surface area contributed by atoms with Crippen molar-refractivity contribution in [2.75, 3.05) is 13.1 Å². The summed E-state index contributed by atoms with van der Waals surface area (Å²) in [5, 5.41) is 8.98. The maximum atomic E-state index is 14.0. The van der Waals surface area contributed by atoms with Crippen LogP contribution in [0.1, 0.15) is 27.2 Å². The molecule has 1 fully saturated rings. The summed E-state index contributed by atoms with van der Waals surface area (Å²) in [6, 6.07) is 9.34. The number of aryl methyl sites for hydroxylation is 1. The highest BCUT2D eigenvalue weighted by molar-refractivity contribution is 7.17. The van der Waals surface area contributed by atoms with Crippen molar-refractivity contribution in [2.24, 2.45) is 5.92 Å². The largest absolute Gasteiger partial charge is 0.337 e. The summed E-state index contributed by atoms with van der Waals surface area (Å²) in [4.78, 5) is 16.1. The second-order valence-corrected chi connectivity index (χ2v) is 7.15. The first kappa shape index (κ1) is 14.4. The minimum absolute atomic E-state index is 0.0000954. The number of halogens is 1. The number of likely N-dealkylation sites (tertiary alicyclic amines) is 1. The summed E-state index contributed by atoms with van der Waals surface area (Å²) in [6.07, 6.45) is 2.20. The van der Waals surface area contributed by atoms with Gasteiger partial charge in [0.05, 0.1) is 16.9 Å². The van der Waals surface area contributed by atoms with Crippen LogP contribution in [0.5, 0.6) is 0 Å². The van der Waals surface area contributed by atoms with Crippen LogP contribution >= 0.6 is 11.3 Å². The first-order valence-corrected chi connectivity index (χ1v) is 8.58. The van der Waals surface area contributed by atoms with Gasteiger partial charge < -0.3 is 4.90 Å². The van der Waals surface area contributed by atoms with E-state index in [2.05, 4.69) is 6.07 Å². The Hall–Kier alpha value is -2.19. The fourth-order valence-corrected chi connectivity index (χ4v) is 4.67. The van der Waals surface area contributed by atoms with Gasteiger partial charge in [0.15, 0.2) is 0 Å². The number of rotatable bonds is 1. The van der Waals surface area contributed by atoms with E-state index in [1.165, 1.54) is 17.4 Å². The van der Waals surface area contributed by atoms with Gasteiger partial charge in [-0.3, -0.25) is 4.79 Å². The number of hydrogen-bond acceptors (Lipinski definition) is 3. The number of hydrogen-bond donors (Lipinski definition) is 0. The molecule has 0 N–H and O–H groups in total. The predicted octanol–water partition coefficient (Wildman–Crippen LogP) is 3.64. The number of fused-ring (bicyclic) bond motifs is 3. The molecule has 1 aliphatic heterocycles. The molecular formula is C18H15FN2OS. The van der Waals surface area contributed by atoms with Gasteiger partial charge in [-0.15, -0.1) is 11.3 Å². The molecule has 116 valence electrons. The molecule has 1 saturated heterocycles. The van der Waals surface area contributed by atoms with Gasteiger partial charge in [-0.2, -0.15) is 5.26 Å². The topological polar surface area (TPSA) is 44.1 Å². The molecular weight excluding hydrogens is 311 g/mol. The summed E-state index contributed by atoms with van der Waals surface area (Å²) in [5.74, 6) is -0.214. The van der Waals surface area contributed by atoms with E-state index in [1.54, 1.807) is 11.0 Å². The van der Waals surface area contributed by atoms with E-state index in [9.17, 15) is 9.18 Å². The fraction of sp³-hybridized carbons (Fsp3) is 0.333. The summed E-state index contributed by atoms with van der Waals surface area (Å²) < 4.78 is 14.0. The van der Waals surface area contributed by atoms with Crippen molar-refractivity contribution in [3.8, 4) is 16.5 Å². The second-order valence-electron chi connectivity index (χ2n) is 6.10. The Kier molecular flexibility index (Phi) is 3.42. The lowest BCUT2D eigenvalue weighted by molar-refractivity contribution is 0.0794. The first-order chi connectivity index (χ1) is 11.2. The van der Waals surface area contributed by atoms with Gasteiger partial charge >= 0.3 is 0 Å². The van der Waals surface area contributed by atoms with Crippen LogP contribution in [0.25, 0.3) is 10.4 Å². The van der Waals surface area contributed by atoms with E-state index >= 15 is 0 Å². The van der Waals surface area contributed by atoms with Crippen LogP contribution in [0.4, 0.5) is 4.39 Å². The van der Waals surface area contributed by atoms with Gasteiger partial charge in [0, 0.05) is 18.0 Å². The molecule has 4 rings (SSSR count). The summed E-state index contributed by atoms with van der Waals surface area (Å²) >= 11 is 1.45. The average Bonchev–Trinajstić information content (AvgIpc) is 3.21. The number of benzene rings is 1.